The number of hydrogen-bond donors (Lipinski definition) is 2. The summed E-state index contributed by atoms with van der Waals surface area (Å²) in [5.74, 6) is 1.36. The zero-order valence-corrected chi connectivity index (χ0v) is 12.4. The van der Waals surface area contributed by atoms with Gasteiger partial charge in [-0.3, -0.25) is 10.3 Å². The van der Waals surface area contributed by atoms with E-state index in [0.29, 0.717) is 17.2 Å². The van der Waals surface area contributed by atoms with E-state index in [0.717, 1.165) is 19.6 Å². The predicted octanol–water partition coefficient (Wildman–Crippen LogP) is 2.46. The van der Waals surface area contributed by atoms with Gasteiger partial charge in [0.05, 0.1) is 12.7 Å². The fourth-order valence-electron chi connectivity index (χ4n) is 2.14. The Balaban J connectivity index is 2.87. The highest BCUT2D eigenvalue weighted by atomic mass is 16.5. The van der Waals surface area contributed by atoms with Crippen molar-refractivity contribution in [1.82, 2.24) is 4.90 Å². The summed E-state index contributed by atoms with van der Waals surface area (Å²) in [6.07, 6.45) is 0. The Kier molecular flexibility index (Phi) is 5.83. The topological polar surface area (TPSA) is 62.3 Å². The zero-order valence-electron chi connectivity index (χ0n) is 12.4. The standard InChI is InChI=1S/C15H25N3O/c1-5-18(9-11(2)3)10-12-6-7-13(15(16)17)14(8-12)19-4/h6-8,11H,5,9-10H2,1-4H3,(H3,16,17). The van der Waals surface area contributed by atoms with Crippen LogP contribution < -0.4 is 10.5 Å². The van der Waals surface area contributed by atoms with Crippen LogP contribution in [0.4, 0.5) is 0 Å². The molecule has 0 fully saturated rings. The number of amidine groups is 1. The molecule has 0 radical (unpaired) electrons. The van der Waals surface area contributed by atoms with Crippen molar-refractivity contribution in [3.8, 4) is 5.75 Å². The van der Waals surface area contributed by atoms with Gasteiger partial charge in [-0.15, -0.1) is 0 Å². The maximum absolute atomic E-state index is 7.51. The van der Waals surface area contributed by atoms with E-state index < -0.39 is 0 Å². The Morgan fingerprint density at radius 3 is 2.58 bits per heavy atom. The summed E-state index contributed by atoms with van der Waals surface area (Å²) in [4.78, 5) is 2.40. The van der Waals surface area contributed by atoms with Crippen molar-refractivity contribution in [2.24, 2.45) is 11.7 Å². The first-order valence-electron chi connectivity index (χ1n) is 6.71. The Bertz CT molecular complexity index is 429. The van der Waals surface area contributed by atoms with Crippen LogP contribution in [0.3, 0.4) is 0 Å². The van der Waals surface area contributed by atoms with E-state index in [-0.39, 0.29) is 5.84 Å². The number of nitrogen functional groups attached to an aromatic ring is 1. The van der Waals surface area contributed by atoms with Crippen LogP contribution in [0.1, 0.15) is 31.9 Å². The van der Waals surface area contributed by atoms with Crippen LogP contribution >= 0.6 is 0 Å². The summed E-state index contributed by atoms with van der Waals surface area (Å²) in [5, 5.41) is 7.51. The second-order valence-corrected chi connectivity index (χ2v) is 5.17. The fourth-order valence-corrected chi connectivity index (χ4v) is 2.14. The molecule has 0 aromatic heterocycles. The molecule has 0 bridgehead atoms. The molecule has 0 saturated carbocycles. The number of nitrogens with zero attached hydrogens (tertiary/aromatic N) is 1. The molecule has 0 unspecified atom stereocenters. The third-order valence-corrected chi connectivity index (χ3v) is 3.03. The third kappa shape index (κ3) is 4.56. The third-order valence-electron chi connectivity index (χ3n) is 3.03. The lowest BCUT2D eigenvalue weighted by Gasteiger charge is -2.23. The Hall–Kier alpha value is -1.55. The SMILES string of the molecule is CCN(Cc1ccc(C(=N)N)c(OC)c1)CC(C)C. The van der Waals surface area contributed by atoms with Crippen molar-refractivity contribution < 1.29 is 4.74 Å². The number of benzene rings is 1. The van der Waals surface area contributed by atoms with Crippen LogP contribution in [0.5, 0.6) is 5.75 Å². The van der Waals surface area contributed by atoms with Crippen molar-refractivity contribution in [3.05, 3.63) is 29.3 Å². The lowest BCUT2D eigenvalue weighted by Crippen LogP contribution is -2.27. The van der Waals surface area contributed by atoms with E-state index in [9.17, 15) is 0 Å². The molecular weight excluding hydrogens is 238 g/mol. The summed E-state index contributed by atoms with van der Waals surface area (Å²) >= 11 is 0. The fraction of sp³-hybridized carbons (Fsp3) is 0.533. The van der Waals surface area contributed by atoms with Gasteiger partial charge in [0.15, 0.2) is 0 Å². The molecule has 3 N–H and O–H groups in total. The summed E-state index contributed by atoms with van der Waals surface area (Å²) in [6.45, 7) is 9.61. The molecule has 0 aliphatic carbocycles. The number of nitrogens with one attached hydrogen (secondary N) is 1. The van der Waals surface area contributed by atoms with Gasteiger partial charge in [-0.1, -0.05) is 26.8 Å². The molecule has 106 valence electrons. The van der Waals surface area contributed by atoms with Crippen LogP contribution in [0.25, 0.3) is 0 Å². The molecule has 4 nitrogen and oxygen atoms in total. The smallest absolute Gasteiger partial charge is 0.130 e. The molecule has 1 aromatic carbocycles. The monoisotopic (exact) mass is 263 g/mol. The van der Waals surface area contributed by atoms with Gasteiger partial charge in [0.1, 0.15) is 11.6 Å². The summed E-state index contributed by atoms with van der Waals surface area (Å²) in [6, 6.07) is 5.85. The minimum absolute atomic E-state index is 0.0397. The van der Waals surface area contributed by atoms with Crippen LogP contribution in [-0.2, 0) is 6.54 Å². The minimum Gasteiger partial charge on any atom is -0.496 e. The van der Waals surface area contributed by atoms with Crippen LogP contribution in [-0.4, -0.2) is 30.9 Å². The number of ether oxygens (including phenoxy) is 1. The quantitative estimate of drug-likeness (QED) is 0.587. The van der Waals surface area contributed by atoms with Gasteiger partial charge in [-0.2, -0.15) is 0 Å². The molecule has 19 heavy (non-hydrogen) atoms. The molecule has 4 heteroatoms. The summed E-state index contributed by atoms with van der Waals surface area (Å²) in [7, 11) is 1.61. The number of rotatable bonds is 7. The Labute approximate surface area is 116 Å². The molecule has 0 saturated heterocycles. The number of methoxy groups -OCH3 is 1. The van der Waals surface area contributed by atoms with Crippen molar-refractivity contribution >= 4 is 5.84 Å². The van der Waals surface area contributed by atoms with Crippen LogP contribution in [0.15, 0.2) is 18.2 Å². The maximum atomic E-state index is 7.51. The highest BCUT2D eigenvalue weighted by Gasteiger charge is 2.10. The molecule has 1 aromatic rings. The van der Waals surface area contributed by atoms with Gasteiger partial charge in [0.2, 0.25) is 0 Å². The normalized spacial score (nSPS) is 11.1. The lowest BCUT2D eigenvalue weighted by atomic mass is 10.1. The van der Waals surface area contributed by atoms with E-state index >= 15 is 0 Å². The minimum atomic E-state index is 0.0397. The summed E-state index contributed by atoms with van der Waals surface area (Å²) < 4.78 is 5.30. The number of nitrogens with two attached hydrogens (primary N) is 1. The molecule has 0 aliphatic rings. The van der Waals surface area contributed by atoms with Gasteiger partial charge >= 0.3 is 0 Å². The molecular formula is C15H25N3O. The molecule has 0 amide bonds. The van der Waals surface area contributed by atoms with Crippen LogP contribution in [0.2, 0.25) is 0 Å². The second-order valence-electron chi connectivity index (χ2n) is 5.17. The van der Waals surface area contributed by atoms with Gasteiger partial charge in [-0.05, 0) is 30.2 Å². The lowest BCUT2D eigenvalue weighted by molar-refractivity contribution is 0.248. The highest BCUT2D eigenvalue weighted by molar-refractivity contribution is 5.97. The highest BCUT2D eigenvalue weighted by Crippen LogP contribution is 2.21. The molecule has 0 heterocycles. The molecule has 0 atom stereocenters. The zero-order chi connectivity index (χ0) is 14.4. The molecule has 0 aliphatic heterocycles. The van der Waals surface area contributed by atoms with Gasteiger partial charge in [0.25, 0.3) is 0 Å². The second kappa shape index (κ2) is 7.14. The van der Waals surface area contributed by atoms with Gasteiger partial charge in [0, 0.05) is 13.1 Å². The van der Waals surface area contributed by atoms with Crippen molar-refractivity contribution in [3.63, 3.8) is 0 Å². The first kappa shape index (κ1) is 15.5. The van der Waals surface area contributed by atoms with E-state index in [2.05, 4.69) is 25.7 Å². The Morgan fingerprint density at radius 1 is 1.42 bits per heavy atom. The average molecular weight is 263 g/mol. The average Bonchev–Trinajstić information content (AvgIpc) is 2.36. The maximum Gasteiger partial charge on any atom is 0.130 e. The first-order chi connectivity index (χ1) is 8.97. The van der Waals surface area contributed by atoms with E-state index in [1.165, 1.54) is 5.56 Å². The molecule has 1 rings (SSSR count). The van der Waals surface area contributed by atoms with E-state index in [1.54, 1.807) is 7.11 Å². The van der Waals surface area contributed by atoms with Gasteiger partial charge < -0.3 is 10.5 Å². The van der Waals surface area contributed by atoms with Gasteiger partial charge in [-0.25, -0.2) is 0 Å². The Morgan fingerprint density at radius 2 is 2.11 bits per heavy atom. The van der Waals surface area contributed by atoms with Crippen molar-refractivity contribution in [2.75, 3.05) is 20.2 Å². The first-order valence-corrected chi connectivity index (χ1v) is 6.71. The van der Waals surface area contributed by atoms with E-state index in [1.807, 2.05) is 18.2 Å². The van der Waals surface area contributed by atoms with Crippen molar-refractivity contribution in [1.29, 1.82) is 5.41 Å². The summed E-state index contributed by atoms with van der Waals surface area (Å²) in [5.41, 5.74) is 7.36. The van der Waals surface area contributed by atoms with Crippen LogP contribution in [0, 0.1) is 11.3 Å². The van der Waals surface area contributed by atoms with Crippen molar-refractivity contribution in [2.45, 2.75) is 27.3 Å². The molecule has 0 spiro atoms. The predicted molar refractivity (Wildman–Crippen MR) is 79.8 cm³/mol. The van der Waals surface area contributed by atoms with E-state index in [4.69, 9.17) is 15.9 Å². The number of hydrogen-bond acceptors (Lipinski definition) is 3. The largest absolute Gasteiger partial charge is 0.496 e.